The first-order chi connectivity index (χ1) is 32.0. The standard InChI is InChI=1S/C59H39N5O/c1-58(2)43-27-13-12-25-40(43)51-52(60-54(61-53(51)58)36-19-6-3-7-20-36)39-33-34-41-47(35-39)59(44-28-14-16-31-48(44)65-49-32-17-15-29-45(49)59)46-30-18-26-42(50(41)46)57-63-55(37-21-8-4-9-22-37)62-56(64-57)38-23-10-5-11-24-38/h3-35H,1-2H3. The van der Waals surface area contributed by atoms with Gasteiger partial charge in [0.2, 0.25) is 0 Å². The summed E-state index contributed by atoms with van der Waals surface area (Å²) in [5, 5.41) is 0. The topological polar surface area (TPSA) is 73.7 Å². The fraction of sp³-hybridized carbons (Fsp3) is 0.0678. The lowest BCUT2D eigenvalue weighted by Crippen LogP contribution is -2.32. The third-order valence-corrected chi connectivity index (χ3v) is 13.6. The van der Waals surface area contributed by atoms with Crippen molar-refractivity contribution < 1.29 is 4.74 Å². The van der Waals surface area contributed by atoms with Crippen LogP contribution in [-0.4, -0.2) is 24.9 Å². The van der Waals surface area contributed by atoms with Gasteiger partial charge in [0, 0.05) is 49.9 Å². The highest BCUT2D eigenvalue weighted by Crippen LogP contribution is 2.64. The molecule has 1 spiro atoms. The lowest BCUT2D eigenvalue weighted by molar-refractivity contribution is 0.436. The molecule has 10 aromatic rings. The van der Waals surface area contributed by atoms with Crippen molar-refractivity contribution in [2.45, 2.75) is 24.7 Å². The molecule has 6 nitrogen and oxygen atoms in total. The van der Waals surface area contributed by atoms with Crippen LogP contribution in [-0.2, 0) is 10.8 Å². The van der Waals surface area contributed by atoms with E-state index in [-0.39, 0.29) is 5.41 Å². The van der Waals surface area contributed by atoms with Crippen LogP contribution in [0.4, 0.5) is 0 Å². The van der Waals surface area contributed by atoms with Crippen LogP contribution < -0.4 is 4.74 Å². The number of nitrogens with zero attached hydrogens (tertiary/aromatic N) is 5. The Morgan fingerprint density at radius 1 is 0.338 bits per heavy atom. The molecule has 8 aromatic carbocycles. The first kappa shape index (κ1) is 37.2. The van der Waals surface area contributed by atoms with Crippen molar-refractivity contribution in [3.63, 3.8) is 0 Å². The molecule has 0 radical (unpaired) electrons. The van der Waals surface area contributed by atoms with E-state index in [1.165, 1.54) is 11.1 Å². The zero-order valence-corrected chi connectivity index (χ0v) is 35.7. The van der Waals surface area contributed by atoms with Crippen molar-refractivity contribution in [1.29, 1.82) is 0 Å². The van der Waals surface area contributed by atoms with Gasteiger partial charge in [-0.2, -0.15) is 0 Å². The summed E-state index contributed by atoms with van der Waals surface area (Å²) in [5.41, 5.74) is 15.7. The van der Waals surface area contributed by atoms with Crippen LogP contribution in [0.3, 0.4) is 0 Å². The van der Waals surface area contributed by atoms with Gasteiger partial charge in [-0.15, -0.1) is 0 Å². The summed E-state index contributed by atoms with van der Waals surface area (Å²) < 4.78 is 6.79. The molecular formula is C59H39N5O. The first-order valence-corrected chi connectivity index (χ1v) is 22.1. The maximum absolute atomic E-state index is 6.79. The number of rotatable bonds is 5. The third kappa shape index (κ3) is 5.44. The molecule has 0 fully saturated rings. The molecule has 0 amide bonds. The number of para-hydroxylation sites is 2. The van der Waals surface area contributed by atoms with Crippen LogP contribution in [0.5, 0.6) is 11.5 Å². The van der Waals surface area contributed by atoms with E-state index in [1.807, 2.05) is 42.5 Å². The summed E-state index contributed by atoms with van der Waals surface area (Å²) in [5.74, 6) is 4.20. The van der Waals surface area contributed by atoms with Crippen molar-refractivity contribution in [2.24, 2.45) is 0 Å². The Labute approximate surface area is 377 Å². The molecule has 6 heteroatoms. The van der Waals surface area contributed by atoms with E-state index < -0.39 is 5.41 Å². The van der Waals surface area contributed by atoms with Crippen molar-refractivity contribution >= 4 is 0 Å². The van der Waals surface area contributed by atoms with Crippen LogP contribution in [0.25, 0.3) is 79.1 Å². The molecule has 0 N–H and O–H groups in total. The first-order valence-electron chi connectivity index (χ1n) is 22.1. The van der Waals surface area contributed by atoms with Crippen LogP contribution in [0.2, 0.25) is 0 Å². The number of hydrogen-bond acceptors (Lipinski definition) is 6. The fourth-order valence-corrected chi connectivity index (χ4v) is 10.7. The van der Waals surface area contributed by atoms with Gasteiger partial charge in [0.25, 0.3) is 0 Å². The molecule has 3 heterocycles. The van der Waals surface area contributed by atoms with Crippen molar-refractivity contribution in [1.82, 2.24) is 24.9 Å². The Bertz CT molecular complexity index is 3450. The molecule has 306 valence electrons. The Kier molecular flexibility index (Phi) is 8.06. The SMILES string of the molecule is CC1(C)c2ccccc2-c2c(-c3ccc4c(c3)C3(c5ccccc5Oc5ccccc53)c3cccc(-c5nc(-c6ccccc6)nc(-c6ccccc6)n5)c3-4)nc(-c3ccccc3)nc21. The quantitative estimate of drug-likeness (QED) is 0.172. The van der Waals surface area contributed by atoms with Gasteiger partial charge in [-0.3, -0.25) is 0 Å². The highest BCUT2D eigenvalue weighted by atomic mass is 16.5. The Hall–Kier alpha value is -8.35. The van der Waals surface area contributed by atoms with Gasteiger partial charge in [0.15, 0.2) is 23.3 Å². The Morgan fingerprint density at radius 3 is 1.43 bits per heavy atom. The van der Waals surface area contributed by atoms with Crippen LogP contribution in [0.15, 0.2) is 200 Å². The minimum absolute atomic E-state index is 0.337. The molecule has 3 aliphatic rings. The summed E-state index contributed by atoms with van der Waals surface area (Å²) in [6, 6.07) is 69.9. The molecule has 65 heavy (non-hydrogen) atoms. The average molecular weight is 834 g/mol. The molecule has 0 saturated carbocycles. The number of fused-ring (bicyclic) bond motifs is 12. The van der Waals surface area contributed by atoms with E-state index in [9.17, 15) is 0 Å². The lowest BCUT2D eigenvalue weighted by Gasteiger charge is -2.39. The van der Waals surface area contributed by atoms with Crippen molar-refractivity contribution in [2.75, 3.05) is 0 Å². The molecule has 0 saturated heterocycles. The second-order valence-electron chi connectivity index (χ2n) is 17.5. The molecule has 2 aliphatic carbocycles. The van der Waals surface area contributed by atoms with Crippen molar-refractivity contribution in [3.8, 4) is 90.6 Å². The van der Waals surface area contributed by atoms with Gasteiger partial charge in [-0.25, -0.2) is 24.9 Å². The highest BCUT2D eigenvalue weighted by molar-refractivity contribution is 5.98. The molecule has 0 atom stereocenters. The predicted molar refractivity (Wildman–Crippen MR) is 258 cm³/mol. The summed E-state index contributed by atoms with van der Waals surface area (Å²) in [4.78, 5) is 26.5. The molecule has 0 bridgehead atoms. The van der Waals surface area contributed by atoms with Gasteiger partial charge in [0.05, 0.1) is 16.8 Å². The molecular weight excluding hydrogens is 795 g/mol. The largest absolute Gasteiger partial charge is 0.457 e. The van der Waals surface area contributed by atoms with Crippen molar-refractivity contribution in [3.05, 3.63) is 234 Å². The number of benzene rings is 8. The normalized spacial score (nSPS) is 14.1. The van der Waals surface area contributed by atoms with E-state index in [0.717, 1.165) is 89.6 Å². The second-order valence-corrected chi connectivity index (χ2v) is 17.5. The third-order valence-electron chi connectivity index (χ3n) is 13.6. The van der Waals surface area contributed by atoms with Gasteiger partial charge in [0.1, 0.15) is 11.5 Å². The van der Waals surface area contributed by atoms with Gasteiger partial charge >= 0.3 is 0 Å². The van der Waals surface area contributed by atoms with Gasteiger partial charge < -0.3 is 4.74 Å². The van der Waals surface area contributed by atoms with Crippen LogP contribution >= 0.6 is 0 Å². The number of aromatic nitrogens is 5. The second kappa shape index (κ2) is 14.1. The van der Waals surface area contributed by atoms with Crippen LogP contribution in [0, 0.1) is 0 Å². The van der Waals surface area contributed by atoms with Crippen LogP contribution in [0.1, 0.15) is 47.4 Å². The van der Waals surface area contributed by atoms with E-state index in [2.05, 4.69) is 172 Å². The monoisotopic (exact) mass is 833 g/mol. The fourth-order valence-electron chi connectivity index (χ4n) is 10.7. The Morgan fingerprint density at radius 2 is 0.815 bits per heavy atom. The number of hydrogen-bond donors (Lipinski definition) is 0. The smallest absolute Gasteiger partial charge is 0.164 e. The summed E-state index contributed by atoms with van der Waals surface area (Å²) >= 11 is 0. The summed E-state index contributed by atoms with van der Waals surface area (Å²) in [7, 11) is 0. The zero-order chi connectivity index (χ0) is 43.3. The predicted octanol–water partition coefficient (Wildman–Crippen LogP) is 13.8. The van der Waals surface area contributed by atoms with Gasteiger partial charge in [-0.1, -0.05) is 196 Å². The maximum Gasteiger partial charge on any atom is 0.164 e. The minimum Gasteiger partial charge on any atom is -0.457 e. The average Bonchev–Trinajstić information content (AvgIpc) is 3.79. The summed E-state index contributed by atoms with van der Waals surface area (Å²) in [6.07, 6.45) is 0. The molecule has 2 aromatic heterocycles. The maximum atomic E-state index is 6.79. The minimum atomic E-state index is -0.769. The van der Waals surface area contributed by atoms with E-state index >= 15 is 0 Å². The lowest BCUT2D eigenvalue weighted by atomic mass is 9.66. The summed E-state index contributed by atoms with van der Waals surface area (Å²) in [6.45, 7) is 4.56. The van der Waals surface area contributed by atoms with E-state index in [0.29, 0.717) is 23.3 Å². The molecule has 13 rings (SSSR count). The van der Waals surface area contributed by atoms with E-state index in [1.54, 1.807) is 0 Å². The molecule has 0 unspecified atom stereocenters. The highest BCUT2D eigenvalue weighted by Gasteiger charge is 2.52. The zero-order valence-electron chi connectivity index (χ0n) is 35.7. The Balaban J connectivity index is 1.13. The number of ether oxygens (including phenoxy) is 1. The van der Waals surface area contributed by atoms with E-state index in [4.69, 9.17) is 29.7 Å². The van der Waals surface area contributed by atoms with Gasteiger partial charge in [-0.05, 0) is 51.6 Å². The molecule has 1 aliphatic heterocycles.